The Morgan fingerprint density at radius 3 is 2.49 bits per heavy atom. The number of hydrogen-bond donors (Lipinski definition) is 2. The van der Waals surface area contributed by atoms with Crippen LogP contribution in [0.2, 0.25) is 5.02 Å². The van der Waals surface area contributed by atoms with Crippen LogP contribution in [0.5, 0.6) is 0 Å². The third-order valence-electron chi connectivity index (χ3n) is 7.09. The van der Waals surface area contributed by atoms with Crippen LogP contribution in [-0.2, 0) is 18.6 Å². The van der Waals surface area contributed by atoms with Crippen LogP contribution < -0.4 is 16.2 Å². The maximum Gasteiger partial charge on any atom is 0.261 e. The Hall–Kier alpha value is -3.06. The largest absolute Gasteiger partial charge is 0.294 e. The summed E-state index contributed by atoms with van der Waals surface area (Å²) in [6, 6.07) is 21.9. The van der Waals surface area contributed by atoms with Crippen molar-refractivity contribution in [1.29, 1.82) is 0 Å². The van der Waals surface area contributed by atoms with Crippen molar-refractivity contribution >= 4 is 22.5 Å². The smallest absolute Gasteiger partial charge is 0.261 e. The SMILES string of the molecule is CC(Cc1nc2cc(Cl)ccc2c(=O)n1Cc1ccccc1)CC1(c2ccc(F)cc2)NCC(C)(C)N1. The van der Waals surface area contributed by atoms with E-state index in [0.29, 0.717) is 28.9 Å². The van der Waals surface area contributed by atoms with Gasteiger partial charge in [0.2, 0.25) is 0 Å². The molecule has 1 aliphatic rings. The normalized spacial score (nSPS) is 19.8. The minimum absolute atomic E-state index is 0.0702. The first kappa shape index (κ1) is 25.6. The highest BCUT2D eigenvalue weighted by Gasteiger charge is 2.44. The molecule has 2 atom stereocenters. The Kier molecular flexibility index (Phi) is 6.92. The van der Waals surface area contributed by atoms with Gasteiger partial charge < -0.3 is 0 Å². The molecular weight excluding hydrogens is 487 g/mol. The number of aromatic nitrogens is 2. The average Bonchev–Trinajstić information content (AvgIpc) is 3.17. The maximum atomic E-state index is 13.7. The van der Waals surface area contributed by atoms with Crippen LogP contribution in [0.15, 0.2) is 77.6 Å². The van der Waals surface area contributed by atoms with Gasteiger partial charge in [0.25, 0.3) is 5.56 Å². The molecular formula is C30H32ClFN4O. The van der Waals surface area contributed by atoms with E-state index in [9.17, 15) is 9.18 Å². The van der Waals surface area contributed by atoms with Crippen molar-refractivity contribution in [2.24, 2.45) is 5.92 Å². The lowest BCUT2D eigenvalue weighted by Crippen LogP contribution is -2.50. The number of nitrogens with zero attached hydrogens (tertiary/aromatic N) is 2. The highest BCUT2D eigenvalue weighted by atomic mass is 35.5. The second-order valence-corrected chi connectivity index (χ2v) is 11.3. The van der Waals surface area contributed by atoms with E-state index < -0.39 is 5.66 Å². The van der Waals surface area contributed by atoms with Gasteiger partial charge in [0.1, 0.15) is 11.6 Å². The van der Waals surface area contributed by atoms with E-state index in [1.807, 2.05) is 42.5 Å². The second kappa shape index (κ2) is 10.0. The Balaban J connectivity index is 1.51. The van der Waals surface area contributed by atoms with Crippen LogP contribution in [0.25, 0.3) is 10.9 Å². The predicted octanol–water partition coefficient (Wildman–Crippen LogP) is 5.63. The Morgan fingerprint density at radius 2 is 1.81 bits per heavy atom. The van der Waals surface area contributed by atoms with Gasteiger partial charge in [-0.1, -0.05) is 61.0 Å². The molecule has 2 N–H and O–H groups in total. The van der Waals surface area contributed by atoms with Gasteiger partial charge in [-0.25, -0.2) is 9.37 Å². The van der Waals surface area contributed by atoms with Gasteiger partial charge in [-0.3, -0.25) is 20.0 Å². The van der Waals surface area contributed by atoms with Crippen molar-refractivity contribution in [3.8, 4) is 0 Å². The number of hydrogen-bond acceptors (Lipinski definition) is 4. The van der Waals surface area contributed by atoms with Crippen LogP contribution in [0.1, 0.15) is 44.1 Å². The third kappa shape index (κ3) is 5.47. The van der Waals surface area contributed by atoms with E-state index in [0.717, 1.165) is 29.9 Å². The quantitative estimate of drug-likeness (QED) is 0.333. The Morgan fingerprint density at radius 1 is 1.08 bits per heavy atom. The molecule has 37 heavy (non-hydrogen) atoms. The Labute approximate surface area is 221 Å². The highest BCUT2D eigenvalue weighted by molar-refractivity contribution is 6.31. The summed E-state index contributed by atoms with van der Waals surface area (Å²) in [5.41, 5.74) is 1.93. The van der Waals surface area contributed by atoms with Gasteiger partial charge in [0.15, 0.2) is 0 Å². The molecule has 0 aliphatic carbocycles. The van der Waals surface area contributed by atoms with Crippen molar-refractivity contribution in [2.45, 2.75) is 51.4 Å². The van der Waals surface area contributed by atoms with Gasteiger partial charge in [0, 0.05) is 23.5 Å². The molecule has 0 saturated carbocycles. The first-order valence-electron chi connectivity index (χ1n) is 12.7. The standard InChI is InChI=1S/C30H32ClFN4O/c1-20(17-30(33-19-29(2,3)35-30)22-9-12-24(32)13-10-22)15-27-34-26-16-23(31)11-14-25(26)28(37)36(27)18-21-7-5-4-6-8-21/h4-14,16,20,33,35H,15,17-19H2,1-3H3. The Bertz CT molecular complexity index is 1470. The van der Waals surface area contributed by atoms with Crippen LogP contribution in [-0.4, -0.2) is 21.6 Å². The fourth-order valence-corrected chi connectivity index (χ4v) is 5.59. The fraction of sp³-hybridized carbons (Fsp3) is 0.333. The van der Waals surface area contributed by atoms with E-state index >= 15 is 0 Å². The zero-order valence-electron chi connectivity index (χ0n) is 21.4. The van der Waals surface area contributed by atoms with Crippen molar-refractivity contribution in [3.63, 3.8) is 0 Å². The summed E-state index contributed by atoms with van der Waals surface area (Å²) < 4.78 is 15.5. The molecule has 1 fully saturated rings. The number of fused-ring (bicyclic) bond motifs is 1. The van der Waals surface area contributed by atoms with Crippen LogP contribution in [0.4, 0.5) is 4.39 Å². The lowest BCUT2D eigenvalue weighted by Gasteiger charge is -2.35. The number of benzene rings is 3. The van der Waals surface area contributed by atoms with Crippen molar-refractivity contribution in [3.05, 3.63) is 111 Å². The van der Waals surface area contributed by atoms with Crippen LogP contribution >= 0.6 is 11.6 Å². The molecule has 0 bridgehead atoms. The molecule has 0 radical (unpaired) electrons. The van der Waals surface area contributed by atoms with Gasteiger partial charge >= 0.3 is 0 Å². The van der Waals surface area contributed by atoms with Gasteiger partial charge in [-0.05, 0) is 67.6 Å². The molecule has 0 spiro atoms. The van der Waals surface area contributed by atoms with Crippen LogP contribution in [0.3, 0.4) is 0 Å². The average molecular weight is 519 g/mol. The number of nitrogens with one attached hydrogen (secondary N) is 2. The van der Waals surface area contributed by atoms with E-state index in [4.69, 9.17) is 16.6 Å². The zero-order valence-corrected chi connectivity index (χ0v) is 22.1. The molecule has 2 unspecified atom stereocenters. The molecule has 192 valence electrons. The maximum absolute atomic E-state index is 13.7. The first-order chi connectivity index (χ1) is 17.6. The predicted molar refractivity (Wildman–Crippen MR) is 147 cm³/mol. The van der Waals surface area contributed by atoms with E-state index in [2.05, 4.69) is 31.4 Å². The molecule has 5 nitrogen and oxygen atoms in total. The summed E-state index contributed by atoms with van der Waals surface area (Å²) in [5, 5.41) is 8.54. The van der Waals surface area contributed by atoms with Crippen molar-refractivity contribution in [2.75, 3.05) is 6.54 Å². The topological polar surface area (TPSA) is 59.0 Å². The van der Waals surface area contributed by atoms with Crippen LogP contribution in [0, 0.1) is 11.7 Å². The summed E-state index contributed by atoms with van der Waals surface area (Å²) in [6.07, 6.45) is 1.33. The van der Waals surface area contributed by atoms with E-state index in [-0.39, 0.29) is 22.8 Å². The summed E-state index contributed by atoms with van der Waals surface area (Å²) in [7, 11) is 0. The van der Waals surface area contributed by atoms with Gasteiger partial charge in [-0.2, -0.15) is 0 Å². The minimum atomic E-state index is -0.513. The van der Waals surface area contributed by atoms with Crippen molar-refractivity contribution < 1.29 is 4.39 Å². The minimum Gasteiger partial charge on any atom is -0.294 e. The molecule has 2 heterocycles. The molecule has 1 aromatic heterocycles. The lowest BCUT2D eigenvalue weighted by molar-refractivity contribution is 0.241. The van der Waals surface area contributed by atoms with E-state index in [1.165, 1.54) is 12.1 Å². The third-order valence-corrected chi connectivity index (χ3v) is 7.32. The second-order valence-electron chi connectivity index (χ2n) is 10.9. The summed E-state index contributed by atoms with van der Waals surface area (Å²) in [6.45, 7) is 7.70. The molecule has 4 aromatic rings. The molecule has 1 saturated heterocycles. The molecule has 5 rings (SSSR count). The molecule has 1 aliphatic heterocycles. The summed E-state index contributed by atoms with van der Waals surface area (Å²) >= 11 is 6.24. The molecule has 0 amide bonds. The highest BCUT2D eigenvalue weighted by Crippen LogP contribution is 2.34. The number of rotatable bonds is 7. The number of halogens is 2. The van der Waals surface area contributed by atoms with E-state index in [1.54, 1.807) is 22.8 Å². The summed E-state index contributed by atoms with van der Waals surface area (Å²) in [4.78, 5) is 18.5. The first-order valence-corrected chi connectivity index (χ1v) is 13.1. The zero-order chi connectivity index (χ0) is 26.2. The molecule has 7 heteroatoms. The fourth-order valence-electron chi connectivity index (χ4n) is 5.42. The van der Waals surface area contributed by atoms with Gasteiger partial charge in [-0.15, -0.1) is 0 Å². The molecule has 3 aromatic carbocycles. The van der Waals surface area contributed by atoms with Gasteiger partial charge in [0.05, 0.1) is 23.1 Å². The summed E-state index contributed by atoms with van der Waals surface area (Å²) in [5.74, 6) is 0.611. The van der Waals surface area contributed by atoms with Crippen molar-refractivity contribution in [1.82, 2.24) is 20.2 Å². The lowest BCUT2D eigenvalue weighted by atomic mass is 9.87. The monoisotopic (exact) mass is 518 g/mol.